The van der Waals surface area contributed by atoms with Crippen LogP contribution in [0.25, 0.3) is 0 Å². The van der Waals surface area contributed by atoms with Gasteiger partial charge in [-0.2, -0.15) is 0 Å². The number of carboxylic acids is 1. The highest BCUT2D eigenvalue weighted by Crippen LogP contribution is 2.30. The number of nitrogens with zero attached hydrogens (tertiary/aromatic N) is 1. The average molecular weight is 367 g/mol. The molecular formula is C9H6INO5S. The van der Waals surface area contributed by atoms with Crippen molar-refractivity contribution in [2.24, 2.45) is 0 Å². The van der Waals surface area contributed by atoms with Crippen LogP contribution in [0.1, 0.15) is 10.4 Å². The van der Waals surface area contributed by atoms with Crippen LogP contribution in [0, 0.1) is 3.57 Å². The van der Waals surface area contributed by atoms with Gasteiger partial charge in [0, 0.05) is 3.57 Å². The molecule has 0 aliphatic carbocycles. The molecule has 0 saturated heterocycles. The Hall–Kier alpha value is -1.16. The zero-order valence-electron chi connectivity index (χ0n) is 8.25. The molecule has 1 aliphatic heterocycles. The molecule has 2 rings (SSSR count). The van der Waals surface area contributed by atoms with Gasteiger partial charge in [0.1, 0.15) is 11.4 Å². The lowest BCUT2D eigenvalue weighted by molar-refractivity contribution is -0.136. The van der Waals surface area contributed by atoms with Crippen molar-refractivity contribution in [1.29, 1.82) is 0 Å². The summed E-state index contributed by atoms with van der Waals surface area (Å²) in [5.74, 6) is -2.16. The number of carboxylic acid groups (broad SMARTS) is 1. The fourth-order valence-electron chi connectivity index (χ4n) is 1.53. The second-order valence-corrected chi connectivity index (χ2v) is 6.43. The molecule has 0 spiro atoms. The maximum absolute atomic E-state index is 11.9. The van der Waals surface area contributed by atoms with Crippen LogP contribution >= 0.6 is 22.6 Å². The number of benzene rings is 1. The first-order chi connectivity index (χ1) is 7.84. The molecule has 1 aromatic carbocycles. The van der Waals surface area contributed by atoms with Gasteiger partial charge < -0.3 is 5.11 Å². The van der Waals surface area contributed by atoms with Crippen molar-refractivity contribution in [2.45, 2.75) is 4.90 Å². The minimum absolute atomic E-state index is 0.0201. The van der Waals surface area contributed by atoms with Crippen LogP contribution < -0.4 is 0 Å². The van der Waals surface area contributed by atoms with E-state index in [1.165, 1.54) is 12.1 Å². The van der Waals surface area contributed by atoms with E-state index >= 15 is 0 Å². The van der Waals surface area contributed by atoms with E-state index in [1.54, 1.807) is 6.07 Å². The van der Waals surface area contributed by atoms with Crippen molar-refractivity contribution in [3.05, 3.63) is 27.3 Å². The molecule has 17 heavy (non-hydrogen) atoms. The summed E-state index contributed by atoms with van der Waals surface area (Å²) in [6, 6.07) is 4.33. The summed E-state index contributed by atoms with van der Waals surface area (Å²) < 4.78 is 24.9. The monoisotopic (exact) mass is 367 g/mol. The van der Waals surface area contributed by atoms with E-state index in [4.69, 9.17) is 5.11 Å². The van der Waals surface area contributed by atoms with Gasteiger partial charge in [-0.1, -0.05) is 0 Å². The van der Waals surface area contributed by atoms with Gasteiger partial charge >= 0.3 is 5.97 Å². The number of carbonyl (C=O) groups is 2. The zero-order chi connectivity index (χ0) is 12.8. The van der Waals surface area contributed by atoms with Crippen LogP contribution in [0.3, 0.4) is 0 Å². The van der Waals surface area contributed by atoms with Gasteiger partial charge in [-0.3, -0.25) is 9.59 Å². The molecule has 90 valence electrons. The van der Waals surface area contributed by atoms with Gasteiger partial charge in [-0.15, -0.1) is 0 Å². The quantitative estimate of drug-likeness (QED) is 0.770. The minimum Gasteiger partial charge on any atom is -0.480 e. The number of hydrogen-bond acceptors (Lipinski definition) is 4. The maximum atomic E-state index is 11.9. The molecule has 1 N–H and O–H groups in total. The van der Waals surface area contributed by atoms with Crippen LogP contribution in [-0.4, -0.2) is 36.3 Å². The Morgan fingerprint density at radius 1 is 1.41 bits per heavy atom. The first-order valence-electron chi connectivity index (χ1n) is 4.42. The van der Waals surface area contributed by atoms with Crippen LogP contribution in [0.5, 0.6) is 0 Å². The fraction of sp³-hybridized carbons (Fsp3) is 0.111. The van der Waals surface area contributed by atoms with Crippen LogP contribution in [0.15, 0.2) is 23.1 Å². The molecule has 1 heterocycles. The Labute approximate surface area is 110 Å². The minimum atomic E-state index is -4.01. The van der Waals surface area contributed by atoms with Gasteiger partial charge in [-0.25, -0.2) is 12.7 Å². The van der Waals surface area contributed by atoms with Crippen molar-refractivity contribution >= 4 is 44.5 Å². The molecule has 1 aromatic rings. The topological polar surface area (TPSA) is 91.8 Å². The van der Waals surface area contributed by atoms with E-state index in [0.29, 0.717) is 7.88 Å². The number of fused-ring (bicyclic) bond motifs is 1. The lowest BCUT2D eigenvalue weighted by atomic mass is 10.2. The largest absolute Gasteiger partial charge is 0.480 e. The highest BCUT2D eigenvalue weighted by atomic mass is 127. The first-order valence-corrected chi connectivity index (χ1v) is 6.94. The molecule has 1 aliphatic rings. The van der Waals surface area contributed by atoms with Crippen LogP contribution in [0.2, 0.25) is 0 Å². The van der Waals surface area contributed by atoms with Gasteiger partial charge in [-0.05, 0) is 40.8 Å². The molecule has 0 saturated carbocycles. The summed E-state index contributed by atoms with van der Waals surface area (Å²) in [4.78, 5) is 22.2. The molecule has 8 heteroatoms. The number of hydrogen-bond donors (Lipinski definition) is 1. The highest BCUT2D eigenvalue weighted by molar-refractivity contribution is 14.1. The van der Waals surface area contributed by atoms with Crippen molar-refractivity contribution < 1.29 is 23.1 Å². The van der Waals surface area contributed by atoms with Crippen molar-refractivity contribution in [1.82, 2.24) is 4.31 Å². The van der Waals surface area contributed by atoms with Crippen molar-refractivity contribution in [2.75, 3.05) is 6.54 Å². The van der Waals surface area contributed by atoms with Crippen molar-refractivity contribution in [3.63, 3.8) is 0 Å². The smallest absolute Gasteiger partial charge is 0.324 e. The Balaban J connectivity index is 2.61. The fourth-order valence-corrected chi connectivity index (χ4v) is 3.77. The van der Waals surface area contributed by atoms with E-state index in [-0.39, 0.29) is 10.5 Å². The number of rotatable bonds is 2. The molecule has 0 bridgehead atoms. The Morgan fingerprint density at radius 2 is 2.06 bits per heavy atom. The summed E-state index contributed by atoms with van der Waals surface area (Å²) >= 11 is 1.92. The molecule has 6 nitrogen and oxygen atoms in total. The SMILES string of the molecule is O=C(O)CN1C(=O)c2ccc(I)cc2S1(=O)=O. The number of sulfonamides is 1. The summed E-state index contributed by atoms with van der Waals surface area (Å²) in [6.07, 6.45) is 0. The summed E-state index contributed by atoms with van der Waals surface area (Å²) in [6.45, 7) is -0.855. The van der Waals surface area contributed by atoms with Crippen LogP contribution in [-0.2, 0) is 14.8 Å². The van der Waals surface area contributed by atoms with E-state index in [0.717, 1.165) is 0 Å². The number of halogens is 1. The second-order valence-electron chi connectivity index (χ2n) is 3.35. The van der Waals surface area contributed by atoms with E-state index in [2.05, 4.69) is 0 Å². The third-order valence-corrected chi connectivity index (χ3v) is 4.69. The molecule has 0 unspecified atom stereocenters. The van der Waals surface area contributed by atoms with Crippen molar-refractivity contribution in [3.8, 4) is 0 Å². The predicted octanol–water partition coefficient (Wildman–Crippen LogP) is 0.520. The lowest BCUT2D eigenvalue weighted by Gasteiger charge is -2.11. The Bertz CT molecular complexity index is 624. The highest BCUT2D eigenvalue weighted by Gasteiger charge is 2.42. The van der Waals surface area contributed by atoms with Gasteiger partial charge in [0.2, 0.25) is 0 Å². The Morgan fingerprint density at radius 3 is 2.65 bits per heavy atom. The number of carbonyl (C=O) groups excluding carboxylic acids is 1. The summed E-state index contributed by atoms with van der Waals surface area (Å²) in [7, 11) is -4.01. The third-order valence-electron chi connectivity index (χ3n) is 2.25. The lowest BCUT2D eigenvalue weighted by Crippen LogP contribution is -2.34. The molecule has 0 aromatic heterocycles. The van der Waals surface area contributed by atoms with Gasteiger partial charge in [0.25, 0.3) is 15.9 Å². The number of aliphatic carboxylic acids is 1. The summed E-state index contributed by atoms with van der Waals surface area (Å²) in [5.41, 5.74) is 0.0201. The first kappa shape index (κ1) is 12.3. The molecule has 1 amide bonds. The standard InChI is InChI=1S/C9H6INO5S/c10-5-1-2-6-7(3-5)17(15,16)11(9(6)14)4-8(12)13/h1-3H,4H2,(H,12,13). The molecule has 0 radical (unpaired) electrons. The maximum Gasteiger partial charge on any atom is 0.324 e. The van der Waals surface area contributed by atoms with Gasteiger partial charge in [0.05, 0.1) is 5.56 Å². The van der Waals surface area contributed by atoms with E-state index in [9.17, 15) is 18.0 Å². The molecular weight excluding hydrogens is 361 g/mol. The summed E-state index contributed by atoms with van der Waals surface area (Å²) in [5, 5.41) is 8.60. The molecule has 0 fully saturated rings. The molecule has 0 atom stereocenters. The van der Waals surface area contributed by atoms with E-state index < -0.39 is 28.4 Å². The van der Waals surface area contributed by atoms with E-state index in [1.807, 2.05) is 22.6 Å². The third kappa shape index (κ3) is 1.90. The van der Waals surface area contributed by atoms with Gasteiger partial charge in [0.15, 0.2) is 0 Å². The average Bonchev–Trinajstić information content (AvgIpc) is 2.40. The number of amides is 1. The zero-order valence-corrected chi connectivity index (χ0v) is 11.2. The van der Waals surface area contributed by atoms with Crippen LogP contribution in [0.4, 0.5) is 0 Å². The Kier molecular flexibility index (Phi) is 2.86. The predicted molar refractivity (Wildman–Crippen MR) is 65.0 cm³/mol. The normalized spacial score (nSPS) is 17.0. The second kappa shape index (κ2) is 3.95.